The van der Waals surface area contributed by atoms with Crippen LogP contribution in [0.4, 0.5) is 0 Å². The highest BCUT2D eigenvalue weighted by molar-refractivity contribution is 6.00. The quantitative estimate of drug-likeness (QED) is 0.612. The average Bonchev–Trinajstić information content (AvgIpc) is 3.21. The number of hydrogen-bond donors (Lipinski definition) is 1. The highest BCUT2D eigenvalue weighted by Crippen LogP contribution is 2.26. The van der Waals surface area contributed by atoms with Crippen LogP contribution < -0.4 is 0 Å². The Kier molecular flexibility index (Phi) is 6.00. The maximum atomic E-state index is 12.7. The number of fused-ring (bicyclic) bond motifs is 1. The molecule has 30 heavy (non-hydrogen) atoms. The summed E-state index contributed by atoms with van der Waals surface area (Å²) in [6, 6.07) is 16.0. The van der Waals surface area contributed by atoms with Gasteiger partial charge in [0.1, 0.15) is 0 Å². The Hall–Kier alpha value is -2.92. The summed E-state index contributed by atoms with van der Waals surface area (Å²) in [7, 11) is 2.09. The Morgan fingerprint density at radius 2 is 1.63 bits per heavy atom. The van der Waals surface area contributed by atoms with Crippen LogP contribution in [-0.2, 0) is 0 Å². The molecule has 0 unspecified atom stereocenters. The van der Waals surface area contributed by atoms with E-state index in [2.05, 4.69) is 36.0 Å². The zero-order chi connectivity index (χ0) is 21.1. The van der Waals surface area contributed by atoms with E-state index in [9.17, 15) is 9.59 Å². The van der Waals surface area contributed by atoms with Crippen LogP contribution >= 0.6 is 0 Å². The molecule has 1 aromatic heterocycles. The Bertz CT molecular complexity index is 1040. The number of aromatic amines is 1. The minimum Gasteiger partial charge on any atom is -0.352 e. The second-order valence-corrected chi connectivity index (χ2v) is 8.18. The molecule has 0 bridgehead atoms. The van der Waals surface area contributed by atoms with Crippen LogP contribution in [0.25, 0.3) is 22.0 Å². The number of carbonyl (C=O) groups excluding carboxylic acids is 2. The Labute approximate surface area is 177 Å². The van der Waals surface area contributed by atoms with Gasteiger partial charge in [-0.3, -0.25) is 9.59 Å². The van der Waals surface area contributed by atoms with Crippen LogP contribution in [0.3, 0.4) is 0 Å². The summed E-state index contributed by atoms with van der Waals surface area (Å²) in [6.45, 7) is 5.49. The monoisotopic (exact) mass is 403 g/mol. The van der Waals surface area contributed by atoms with Crippen molar-refractivity contribution in [2.75, 3.05) is 33.2 Å². The predicted molar refractivity (Wildman–Crippen MR) is 121 cm³/mol. The van der Waals surface area contributed by atoms with E-state index in [0.717, 1.165) is 66.6 Å². The molecule has 5 heteroatoms. The lowest BCUT2D eigenvalue weighted by atomic mass is 10.0. The first-order valence-corrected chi connectivity index (χ1v) is 10.8. The standard InChI is InChI=1S/C25H29N3O2/c1-3-4-5-24(29)23-17-21-16-20(10-11-22(21)26-23)18-6-8-19(9-7-18)25(30)28-14-12-27(2)13-15-28/h6-11,16-17,26H,3-5,12-15H2,1-2H3. The SMILES string of the molecule is CCCCC(=O)c1cc2cc(-c3ccc(C(=O)N4CCN(C)CC4)cc3)ccc2[nH]1. The van der Waals surface area contributed by atoms with E-state index in [1.165, 1.54) is 0 Å². The molecule has 1 saturated heterocycles. The number of unbranched alkanes of at least 4 members (excludes halogenated alkanes) is 1. The fourth-order valence-corrected chi connectivity index (χ4v) is 3.93. The van der Waals surface area contributed by atoms with Crippen molar-refractivity contribution < 1.29 is 9.59 Å². The van der Waals surface area contributed by atoms with Crippen molar-refractivity contribution in [3.63, 3.8) is 0 Å². The summed E-state index contributed by atoms with van der Waals surface area (Å²) in [5.74, 6) is 0.271. The molecule has 1 aliphatic rings. The fourth-order valence-electron chi connectivity index (χ4n) is 3.93. The summed E-state index contributed by atoms with van der Waals surface area (Å²) in [4.78, 5) is 32.5. The first-order valence-electron chi connectivity index (χ1n) is 10.8. The van der Waals surface area contributed by atoms with Crippen molar-refractivity contribution in [1.29, 1.82) is 0 Å². The third-order valence-corrected chi connectivity index (χ3v) is 5.93. The normalized spacial score (nSPS) is 14.9. The number of carbonyl (C=O) groups is 2. The molecule has 0 saturated carbocycles. The predicted octanol–water partition coefficient (Wildman–Crippen LogP) is 4.60. The Morgan fingerprint density at radius 3 is 2.33 bits per heavy atom. The van der Waals surface area contributed by atoms with Crippen LogP contribution in [0.1, 0.15) is 47.0 Å². The molecule has 0 aliphatic carbocycles. The first kappa shape index (κ1) is 20.4. The van der Waals surface area contributed by atoms with Gasteiger partial charge in [-0.25, -0.2) is 0 Å². The molecule has 0 atom stereocenters. The molecular formula is C25H29N3O2. The number of amides is 1. The number of nitrogens with zero attached hydrogens (tertiary/aromatic N) is 2. The van der Waals surface area contributed by atoms with Crippen LogP contribution in [0.2, 0.25) is 0 Å². The number of hydrogen-bond acceptors (Lipinski definition) is 3. The zero-order valence-electron chi connectivity index (χ0n) is 17.8. The molecule has 4 rings (SSSR count). The van der Waals surface area contributed by atoms with Gasteiger partial charge in [0, 0.05) is 49.1 Å². The highest BCUT2D eigenvalue weighted by Gasteiger charge is 2.20. The summed E-state index contributed by atoms with van der Waals surface area (Å²) >= 11 is 0. The zero-order valence-corrected chi connectivity index (χ0v) is 17.8. The summed E-state index contributed by atoms with van der Waals surface area (Å²) in [5, 5.41) is 1.03. The maximum absolute atomic E-state index is 12.7. The largest absolute Gasteiger partial charge is 0.352 e. The molecule has 1 N–H and O–H groups in total. The number of ketones is 1. The van der Waals surface area contributed by atoms with Gasteiger partial charge in [-0.15, -0.1) is 0 Å². The summed E-state index contributed by atoms with van der Waals surface area (Å²) < 4.78 is 0. The van der Waals surface area contributed by atoms with Crippen molar-refractivity contribution in [2.45, 2.75) is 26.2 Å². The van der Waals surface area contributed by atoms with Gasteiger partial charge >= 0.3 is 0 Å². The van der Waals surface area contributed by atoms with Crippen LogP contribution in [0.5, 0.6) is 0 Å². The van der Waals surface area contributed by atoms with Gasteiger partial charge in [0.05, 0.1) is 5.69 Å². The molecule has 0 spiro atoms. The number of likely N-dealkylation sites (N-methyl/N-ethyl adjacent to an activating group) is 1. The molecule has 0 radical (unpaired) electrons. The van der Waals surface area contributed by atoms with Gasteiger partial charge in [-0.2, -0.15) is 0 Å². The van der Waals surface area contributed by atoms with Gasteiger partial charge < -0.3 is 14.8 Å². The number of aromatic nitrogens is 1. The summed E-state index contributed by atoms with van der Waals surface area (Å²) in [6.07, 6.45) is 2.51. The lowest BCUT2D eigenvalue weighted by Crippen LogP contribution is -2.47. The maximum Gasteiger partial charge on any atom is 0.253 e. The Balaban J connectivity index is 1.51. The third-order valence-electron chi connectivity index (χ3n) is 5.93. The number of piperazine rings is 1. The number of Topliss-reactive ketones (excluding diaryl/α,β-unsaturated/α-hetero) is 1. The van der Waals surface area contributed by atoms with Gasteiger partial charge in [0.15, 0.2) is 5.78 Å². The second-order valence-electron chi connectivity index (χ2n) is 8.18. The van der Waals surface area contributed by atoms with Gasteiger partial charge in [0.2, 0.25) is 0 Å². The van der Waals surface area contributed by atoms with Crippen LogP contribution in [0.15, 0.2) is 48.5 Å². The number of H-pyrrole nitrogens is 1. The van der Waals surface area contributed by atoms with Crippen molar-refractivity contribution >= 4 is 22.6 Å². The van der Waals surface area contributed by atoms with E-state index < -0.39 is 0 Å². The van der Waals surface area contributed by atoms with Gasteiger partial charge in [-0.1, -0.05) is 31.5 Å². The topological polar surface area (TPSA) is 56.4 Å². The van der Waals surface area contributed by atoms with E-state index in [-0.39, 0.29) is 11.7 Å². The van der Waals surface area contributed by atoms with E-state index >= 15 is 0 Å². The fraction of sp³-hybridized carbons (Fsp3) is 0.360. The van der Waals surface area contributed by atoms with E-state index in [0.29, 0.717) is 12.1 Å². The molecule has 2 heterocycles. The first-order chi connectivity index (χ1) is 14.5. The van der Waals surface area contributed by atoms with Crippen LogP contribution in [-0.4, -0.2) is 59.7 Å². The highest BCUT2D eigenvalue weighted by atomic mass is 16.2. The van der Waals surface area contributed by atoms with Crippen molar-refractivity contribution in [3.05, 3.63) is 59.8 Å². The molecule has 5 nitrogen and oxygen atoms in total. The van der Waals surface area contributed by atoms with E-state index in [1.54, 1.807) is 0 Å². The Morgan fingerprint density at radius 1 is 0.933 bits per heavy atom. The third kappa shape index (κ3) is 4.31. The smallest absolute Gasteiger partial charge is 0.253 e. The van der Waals surface area contributed by atoms with Gasteiger partial charge in [0.25, 0.3) is 5.91 Å². The van der Waals surface area contributed by atoms with Crippen LogP contribution in [0, 0.1) is 0 Å². The molecule has 1 aliphatic heterocycles. The van der Waals surface area contributed by atoms with Crippen molar-refractivity contribution in [1.82, 2.24) is 14.8 Å². The number of benzene rings is 2. The molecule has 3 aromatic rings. The molecule has 156 valence electrons. The summed E-state index contributed by atoms with van der Waals surface area (Å²) in [5.41, 5.74) is 4.53. The van der Waals surface area contributed by atoms with Crippen molar-refractivity contribution in [3.8, 4) is 11.1 Å². The molecular weight excluding hydrogens is 374 g/mol. The minimum absolute atomic E-state index is 0.103. The average molecular weight is 404 g/mol. The number of nitrogens with one attached hydrogen (secondary N) is 1. The molecule has 1 fully saturated rings. The molecule has 1 amide bonds. The van der Waals surface area contributed by atoms with E-state index in [1.807, 2.05) is 41.3 Å². The number of rotatable bonds is 6. The second kappa shape index (κ2) is 8.84. The lowest BCUT2D eigenvalue weighted by molar-refractivity contribution is 0.0664. The molecule has 2 aromatic carbocycles. The minimum atomic E-state index is 0.103. The lowest BCUT2D eigenvalue weighted by Gasteiger charge is -2.32. The van der Waals surface area contributed by atoms with E-state index in [4.69, 9.17) is 0 Å². The van der Waals surface area contributed by atoms with Gasteiger partial charge in [-0.05, 0) is 54.9 Å². The van der Waals surface area contributed by atoms with Crippen molar-refractivity contribution in [2.24, 2.45) is 0 Å².